The highest BCUT2D eigenvalue weighted by molar-refractivity contribution is 5.50. The number of carbonyl (C=O) groups excluding carboxylic acids is 1. The number of allylic oxidation sites excluding steroid dienone is 2. The fourth-order valence-corrected chi connectivity index (χ4v) is 0.599. The van der Waals surface area contributed by atoms with Crippen LogP contribution in [-0.4, -0.2) is 6.29 Å². The van der Waals surface area contributed by atoms with E-state index in [1.165, 1.54) is 0 Å². The maximum absolute atomic E-state index is 9.94. The maximum Gasteiger partial charge on any atom is 0.120 e. The second-order valence-corrected chi connectivity index (χ2v) is 2.22. The molecule has 0 heterocycles. The number of carbonyl (C=O) groups is 1. The van der Waals surface area contributed by atoms with Gasteiger partial charge in [0.2, 0.25) is 0 Å². The molecule has 0 aliphatic rings. The van der Waals surface area contributed by atoms with Crippen LogP contribution in [0.4, 0.5) is 0 Å². The van der Waals surface area contributed by atoms with Crippen LogP contribution < -0.4 is 0 Å². The van der Waals surface area contributed by atoms with E-state index in [4.69, 9.17) is 0 Å². The third kappa shape index (κ3) is 5.28. The summed E-state index contributed by atoms with van der Waals surface area (Å²) < 4.78 is 0. The molecule has 1 nitrogen and oxygen atoms in total. The lowest BCUT2D eigenvalue weighted by Crippen LogP contribution is -1.88. The van der Waals surface area contributed by atoms with Crippen molar-refractivity contribution in [2.24, 2.45) is 5.92 Å². The highest BCUT2D eigenvalue weighted by Crippen LogP contribution is 2.00. The van der Waals surface area contributed by atoms with Crippen LogP contribution in [0.25, 0.3) is 0 Å². The molecule has 0 aliphatic carbocycles. The molecule has 0 saturated heterocycles. The van der Waals surface area contributed by atoms with Gasteiger partial charge >= 0.3 is 0 Å². The summed E-state index contributed by atoms with van der Waals surface area (Å²) in [5, 5.41) is 0. The van der Waals surface area contributed by atoms with Crippen molar-refractivity contribution in [1.29, 1.82) is 0 Å². The van der Waals surface area contributed by atoms with Gasteiger partial charge in [0.05, 0.1) is 0 Å². The van der Waals surface area contributed by atoms with Crippen LogP contribution in [0, 0.1) is 5.92 Å². The Morgan fingerprint density at radius 3 is 2.67 bits per heavy atom. The molecule has 0 spiro atoms. The van der Waals surface area contributed by atoms with Crippen LogP contribution in [0.3, 0.4) is 0 Å². The van der Waals surface area contributed by atoms with Gasteiger partial charge in [-0.05, 0) is 12.3 Å². The van der Waals surface area contributed by atoms with E-state index >= 15 is 0 Å². The molecular formula is C8H14O. The van der Waals surface area contributed by atoms with Gasteiger partial charge in [-0.25, -0.2) is 0 Å². The predicted molar refractivity (Wildman–Crippen MR) is 39.3 cm³/mol. The van der Waals surface area contributed by atoms with Crippen molar-refractivity contribution < 1.29 is 4.79 Å². The van der Waals surface area contributed by atoms with Gasteiger partial charge < -0.3 is 4.79 Å². The highest BCUT2D eigenvalue weighted by Gasteiger charge is 1.91. The normalized spacial score (nSPS) is 14.0. The molecule has 0 bridgehead atoms. The van der Waals surface area contributed by atoms with E-state index in [0.717, 1.165) is 12.7 Å². The van der Waals surface area contributed by atoms with Crippen molar-refractivity contribution >= 4 is 6.29 Å². The first-order chi connectivity index (χ1) is 4.31. The zero-order valence-electron chi connectivity index (χ0n) is 6.13. The molecule has 1 atom stereocenters. The van der Waals surface area contributed by atoms with Gasteiger partial charge in [0.1, 0.15) is 6.29 Å². The largest absolute Gasteiger partial charge is 0.303 e. The molecule has 9 heavy (non-hydrogen) atoms. The molecule has 0 rings (SSSR count). The molecule has 0 aromatic heterocycles. The summed E-state index contributed by atoms with van der Waals surface area (Å²) in [5.74, 6) is 0.419. The fraction of sp³-hybridized carbons (Fsp3) is 0.625. The Morgan fingerprint density at radius 1 is 1.56 bits per heavy atom. The quantitative estimate of drug-likeness (QED) is 0.417. The standard InChI is InChI=1S/C8H14O/c1-3-4-5-8(2)6-7-9/h4-5,7-8H,3,6H2,1-2H3/b5-4+/t8-/m0/s1. The van der Waals surface area contributed by atoms with Gasteiger partial charge in [-0.1, -0.05) is 26.0 Å². The zero-order chi connectivity index (χ0) is 7.11. The summed E-state index contributed by atoms with van der Waals surface area (Å²) in [6.45, 7) is 4.13. The van der Waals surface area contributed by atoms with Crippen LogP contribution in [-0.2, 0) is 4.79 Å². The number of rotatable bonds is 4. The van der Waals surface area contributed by atoms with E-state index in [0.29, 0.717) is 12.3 Å². The molecule has 0 amide bonds. The van der Waals surface area contributed by atoms with Crippen molar-refractivity contribution in [3.8, 4) is 0 Å². The Morgan fingerprint density at radius 2 is 2.22 bits per heavy atom. The Kier molecular flexibility index (Phi) is 5.18. The molecule has 52 valence electrons. The second-order valence-electron chi connectivity index (χ2n) is 2.22. The monoisotopic (exact) mass is 126 g/mol. The number of hydrogen-bond donors (Lipinski definition) is 0. The summed E-state index contributed by atoms with van der Waals surface area (Å²) in [7, 11) is 0. The molecule has 0 saturated carbocycles. The van der Waals surface area contributed by atoms with Gasteiger partial charge in [-0.3, -0.25) is 0 Å². The smallest absolute Gasteiger partial charge is 0.120 e. The third-order valence-electron chi connectivity index (χ3n) is 1.17. The second kappa shape index (κ2) is 5.54. The van der Waals surface area contributed by atoms with Gasteiger partial charge in [0.15, 0.2) is 0 Å². The number of hydrogen-bond acceptors (Lipinski definition) is 1. The van der Waals surface area contributed by atoms with Gasteiger partial charge in [-0.2, -0.15) is 0 Å². The zero-order valence-corrected chi connectivity index (χ0v) is 6.13. The lowest BCUT2D eigenvalue weighted by molar-refractivity contribution is -0.108. The summed E-state index contributed by atoms with van der Waals surface area (Å²) in [5.41, 5.74) is 0. The van der Waals surface area contributed by atoms with Crippen molar-refractivity contribution in [3.63, 3.8) is 0 Å². The van der Waals surface area contributed by atoms with Crippen LogP contribution >= 0.6 is 0 Å². The molecule has 0 radical (unpaired) electrons. The Hall–Kier alpha value is -0.590. The van der Waals surface area contributed by atoms with E-state index in [1.54, 1.807) is 0 Å². The molecule has 0 aliphatic heterocycles. The Labute approximate surface area is 56.8 Å². The van der Waals surface area contributed by atoms with Gasteiger partial charge in [0, 0.05) is 6.42 Å². The first-order valence-electron chi connectivity index (χ1n) is 3.41. The average Bonchev–Trinajstić information content (AvgIpc) is 1.85. The lowest BCUT2D eigenvalue weighted by Gasteiger charge is -1.96. The minimum absolute atomic E-state index is 0.419. The topological polar surface area (TPSA) is 17.1 Å². The average molecular weight is 126 g/mol. The first-order valence-corrected chi connectivity index (χ1v) is 3.41. The van der Waals surface area contributed by atoms with Crippen molar-refractivity contribution in [1.82, 2.24) is 0 Å². The van der Waals surface area contributed by atoms with Gasteiger partial charge in [-0.15, -0.1) is 0 Å². The first kappa shape index (κ1) is 8.41. The maximum atomic E-state index is 9.94. The van der Waals surface area contributed by atoms with Crippen LogP contribution in [0.15, 0.2) is 12.2 Å². The number of aldehydes is 1. The van der Waals surface area contributed by atoms with E-state index in [1.807, 2.05) is 6.92 Å². The van der Waals surface area contributed by atoms with E-state index in [9.17, 15) is 4.79 Å². The van der Waals surface area contributed by atoms with Crippen molar-refractivity contribution in [2.75, 3.05) is 0 Å². The third-order valence-corrected chi connectivity index (χ3v) is 1.17. The van der Waals surface area contributed by atoms with Crippen molar-refractivity contribution in [2.45, 2.75) is 26.7 Å². The van der Waals surface area contributed by atoms with Crippen LogP contribution in [0.5, 0.6) is 0 Å². The Balaban J connectivity index is 3.35. The summed E-state index contributed by atoms with van der Waals surface area (Å²) >= 11 is 0. The molecule has 1 heteroatoms. The molecule has 0 fully saturated rings. The van der Waals surface area contributed by atoms with E-state index < -0.39 is 0 Å². The molecular weight excluding hydrogens is 112 g/mol. The van der Waals surface area contributed by atoms with E-state index in [-0.39, 0.29) is 0 Å². The van der Waals surface area contributed by atoms with Gasteiger partial charge in [0.25, 0.3) is 0 Å². The predicted octanol–water partition coefficient (Wildman–Crippen LogP) is 2.18. The summed E-state index contributed by atoms with van der Waals surface area (Å²) in [6.07, 6.45) is 6.84. The van der Waals surface area contributed by atoms with Crippen molar-refractivity contribution in [3.05, 3.63) is 12.2 Å². The fourth-order valence-electron chi connectivity index (χ4n) is 0.599. The minimum atomic E-state index is 0.419. The highest BCUT2D eigenvalue weighted by atomic mass is 16.1. The molecule has 0 unspecified atom stereocenters. The van der Waals surface area contributed by atoms with Crippen LogP contribution in [0.2, 0.25) is 0 Å². The SMILES string of the molecule is CC/C=C/[C@H](C)CC=O. The minimum Gasteiger partial charge on any atom is -0.303 e. The Bertz CT molecular complexity index is 94.7. The van der Waals surface area contributed by atoms with E-state index in [2.05, 4.69) is 19.1 Å². The van der Waals surface area contributed by atoms with Crippen LogP contribution in [0.1, 0.15) is 26.7 Å². The molecule has 0 N–H and O–H groups in total. The summed E-state index contributed by atoms with van der Waals surface area (Å²) in [6, 6.07) is 0. The lowest BCUT2D eigenvalue weighted by atomic mass is 10.1. The molecule has 0 aromatic carbocycles. The summed E-state index contributed by atoms with van der Waals surface area (Å²) in [4.78, 5) is 9.94. The molecule has 0 aromatic rings.